The number of esters is 2. The van der Waals surface area contributed by atoms with Crippen LogP contribution in [0.4, 0.5) is 0 Å². The fourth-order valence-electron chi connectivity index (χ4n) is 2.21. The Morgan fingerprint density at radius 2 is 1.30 bits per heavy atom. The van der Waals surface area contributed by atoms with E-state index in [0.29, 0.717) is 24.7 Å². The van der Waals surface area contributed by atoms with Crippen molar-refractivity contribution in [2.45, 2.75) is 12.8 Å². The normalized spacial score (nSPS) is 10.4. The summed E-state index contributed by atoms with van der Waals surface area (Å²) in [5, 5.41) is 10.3. The standard InChI is InChI=1S/C18H15Br3O6/c1-25-15(22)7-9-4-12(20)18(13(21)5-9)27-14-6-10(8-16(23)26-2)3-11(19)17(14)24/h3-6,24H,7-8H2,1-2H3. The molecule has 0 radical (unpaired) electrons. The van der Waals surface area contributed by atoms with E-state index in [2.05, 4.69) is 57.3 Å². The third-order valence-corrected chi connectivity index (χ3v) is 5.29. The second-order valence-electron chi connectivity index (χ2n) is 5.42. The van der Waals surface area contributed by atoms with Gasteiger partial charge in [0.15, 0.2) is 17.2 Å². The first-order valence-electron chi connectivity index (χ1n) is 7.56. The molecule has 0 saturated heterocycles. The average molecular weight is 567 g/mol. The van der Waals surface area contributed by atoms with Crippen molar-refractivity contribution in [1.29, 1.82) is 0 Å². The van der Waals surface area contributed by atoms with Gasteiger partial charge in [0.1, 0.15) is 0 Å². The van der Waals surface area contributed by atoms with E-state index in [-0.39, 0.29) is 30.3 Å². The molecule has 0 amide bonds. The van der Waals surface area contributed by atoms with Crippen LogP contribution in [-0.4, -0.2) is 31.3 Å². The second kappa shape index (κ2) is 9.57. The van der Waals surface area contributed by atoms with Gasteiger partial charge < -0.3 is 19.3 Å². The zero-order valence-corrected chi connectivity index (χ0v) is 19.1. The second-order valence-corrected chi connectivity index (χ2v) is 7.98. The lowest BCUT2D eigenvalue weighted by molar-refractivity contribution is -0.140. The zero-order chi connectivity index (χ0) is 20.1. The number of phenols is 1. The van der Waals surface area contributed by atoms with Crippen molar-refractivity contribution < 1.29 is 28.9 Å². The number of carbonyl (C=O) groups is 2. The number of phenolic OH excluding ortho intramolecular Hbond substituents is 1. The number of halogens is 3. The number of benzene rings is 2. The highest BCUT2D eigenvalue weighted by Gasteiger charge is 2.17. The summed E-state index contributed by atoms with van der Waals surface area (Å²) >= 11 is 10.1. The largest absolute Gasteiger partial charge is 0.503 e. The molecule has 0 unspecified atom stereocenters. The Bertz CT molecular complexity index is 859. The van der Waals surface area contributed by atoms with Gasteiger partial charge in [0, 0.05) is 0 Å². The van der Waals surface area contributed by atoms with E-state index in [1.165, 1.54) is 14.2 Å². The molecule has 2 rings (SSSR count). The maximum absolute atomic E-state index is 11.5. The number of aromatic hydroxyl groups is 1. The molecule has 0 aliphatic rings. The molecule has 9 heteroatoms. The molecule has 0 bridgehead atoms. The monoisotopic (exact) mass is 564 g/mol. The van der Waals surface area contributed by atoms with E-state index in [1.54, 1.807) is 24.3 Å². The van der Waals surface area contributed by atoms with Crippen LogP contribution < -0.4 is 4.74 Å². The van der Waals surface area contributed by atoms with E-state index in [1.807, 2.05) is 0 Å². The first-order chi connectivity index (χ1) is 12.7. The zero-order valence-electron chi connectivity index (χ0n) is 14.3. The molecule has 1 N–H and O–H groups in total. The topological polar surface area (TPSA) is 82.1 Å². The van der Waals surface area contributed by atoms with Crippen molar-refractivity contribution in [2.75, 3.05) is 14.2 Å². The molecule has 6 nitrogen and oxygen atoms in total. The molecule has 144 valence electrons. The van der Waals surface area contributed by atoms with Crippen LogP contribution in [0, 0.1) is 0 Å². The van der Waals surface area contributed by atoms with Gasteiger partial charge in [-0.1, -0.05) is 0 Å². The molecule has 27 heavy (non-hydrogen) atoms. The number of ether oxygens (including phenoxy) is 3. The molecule has 0 saturated carbocycles. The molecular formula is C18H15Br3O6. The minimum Gasteiger partial charge on any atom is -0.503 e. The Morgan fingerprint density at radius 3 is 1.78 bits per heavy atom. The average Bonchev–Trinajstić information content (AvgIpc) is 2.61. The summed E-state index contributed by atoms with van der Waals surface area (Å²) in [5.41, 5.74) is 1.33. The van der Waals surface area contributed by atoms with Gasteiger partial charge in [0.05, 0.1) is 40.5 Å². The highest BCUT2D eigenvalue weighted by Crippen LogP contribution is 2.43. The summed E-state index contributed by atoms with van der Waals surface area (Å²) in [7, 11) is 2.63. The van der Waals surface area contributed by atoms with Crippen LogP contribution in [0.1, 0.15) is 11.1 Å². The Labute approximate surface area is 181 Å². The van der Waals surface area contributed by atoms with Gasteiger partial charge in [-0.15, -0.1) is 0 Å². The maximum atomic E-state index is 11.5. The first kappa shape index (κ1) is 21.7. The van der Waals surface area contributed by atoms with Crippen LogP contribution in [0.2, 0.25) is 0 Å². The lowest BCUT2D eigenvalue weighted by atomic mass is 10.1. The summed E-state index contributed by atoms with van der Waals surface area (Å²) in [5.74, 6) is -0.319. The fourth-order valence-corrected chi connectivity index (χ4v) is 4.14. The Morgan fingerprint density at radius 1 is 0.852 bits per heavy atom. The van der Waals surface area contributed by atoms with E-state index in [0.717, 1.165) is 5.56 Å². The minimum absolute atomic E-state index is 0.0339. The molecular weight excluding hydrogens is 552 g/mol. The molecule has 2 aromatic carbocycles. The van der Waals surface area contributed by atoms with Gasteiger partial charge in [-0.2, -0.15) is 0 Å². The van der Waals surface area contributed by atoms with Crippen molar-refractivity contribution in [1.82, 2.24) is 0 Å². The Hall–Kier alpha value is -1.58. The fraction of sp³-hybridized carbons (Fsp3) is 0.222. The third-order valence-electron chi connectivity index (χ3n) is 3.51. The summed E-state index contributed by atoms with van der Waals surface area (Å²) in [4.78, 5) is 23.0. The molecule has 0 fully saturated rings. The van der Waals surface area contributed by atoms with Gasteiger partial charge in [-0.3, -0.25) is 9.59 Å². The Kier molecular flexibility index (Phi) is 7.69. The highest BCUT2D eigenvalue weighted by molar-refractivity contribution is 9.11. The molecule has 0 aromatic heterocycles. The summed E-state index contributed by atoms with van der Waals surface area (Å²) in [6, 6.07) is 6.61. The van der Waals surface area contributed by atoms with Crippen molar-refractivity contribution in [3.8, 4) is 17.2 Å². The SMILES string of the molecule is COC(=O)Cc1cc(Br)c(Oc2cc(CC(=O)OC)cc(Br)c2O)c(Br)c1. The van der Waals surface area contributed by atoms with Crippen LogP contribution in [0.15, 0.2) is 37.7 Å². The molecule has 0 aliphatic heterocycles. The molecule has 0 spiro atoms. The smallest absolute Gasteiger partial charge is 0.309 e. The minimum atomic E-state index is -0.409. The van der Waals surface area contributed by atoms with Crippen LogP contribution in [0.5, 0.6) is 17.2 Å². The number of methoxy groups -OCH3 is 2. The van der Waals surface area contributed by atoms with Gasteiger partial charge in [0.2, 0.25) is 0 Å². The first-order valence-corrected chi connectivity index (χ1v) is 9.93. The molecule has 0 aliphatic carbocycles. The van der Waals surface area contributed by atoms with E-state index in [9.17, 15) is 14.7 Å². The number of hydrogen-bond donors (Lipinski definition) is 1. The maximum Gasteiger partial charge on any atom is 0.309 e. The number of rotatable bonds is 6. The summed E-state index contributed by atoms with van der Waals surface area (Å²) < 4.78 is 16.7. The molecule has 2 aromatic rings. The highest BCUT2D eigenvalue weighted by atomic mass is 79.9. The predicted octanol–water partition coefficient (Wildman–Crippen LogP) is 4.90. The van der Waals surface area contributed by atoms with Gasteiger partial charge in [-0.25, -0.2) is 0 Å². The summed E-state index contributed by atoms with van der Waals surface area (Å²) in [6.07, 6.45) is 0.144. The van der Waals surface area contributed by atoms with Gasteiger partial charge in [0.25, 0.3) is 0 Å². The lowest BCUT2D eigenvalue weighted by Crippen LogP contribution is -2.05. The lowest BCUT2D eigenvalue weighted by Gasteiger charge is -2.14. The van der Waals surface area contributed by atoms with Crippen LogP contribution in [0.25, 0.3) is 0 Å². The van der Waals surface area contributed by atoms with Crippen molar-refractivity contribution in [3.05, 3.63) is 48.8 Å². The van der Waals surface area contributed by atoms with Gasteiger partial charge in [-0.05, 0) is 83.2 Å². The third kappa shape index (κ3) is 5.70. The quantitative estimate of drug-likeness (QED) is 0.501. The van der Waals surface area contributed by atoms with Crippen molar-refractivity contribution in [2.24, 2.45) is 0 Å². The van der Waals surface area contributed by atoms with E-state index >= 15 is 0 Å². The van der Waals surface area contributed by atoms with Crippen LogP contribution in [-0.2, 0) is 31.9 Å². The number of hydrogen-bond acceptors (Lipinski definition) is 6. The Balaban J connectivity index is 2.36. The van der Waals surface area contributed by atoms with Gasteiger partial charge >= 0.3 is 11.9 Å². The molecule has 0 heterocycles. The van der Waals surface area contributed by atoms with Crippen molar-refractivity contribution in [3.63, 3.8) is 0 Å². The summed E-state index contributed by atoms with van der Waals surface area (Å²) in [6.45, 7) is 0. The van der Waals surface area contributed by atoms with Crippen LogP contribution in [0.3, 0.4) is 0 Å². The van der Waals surface area contributed by atoms with Crippen molar-refractivity contribution >= 4 is 59.7 Å². The number of carbonyl (C=O) groups excluding carboxylic acids is 2. The molecule has 0 atom stereocenters. The van der Waals surface area contributed by atoms with E-state index < -0.39 is 5.97 Å². The van der Waals surface area contributed by atoms with E-state index in [4.69, 9.17) is 4.74 Å². The van der Waals surface area contributed by atoms with Crippen LogP contribution >= 0.6 is 47.8 Å². The predicted molar refractivity (Wildman–Crippen MR) is 109 cm³/mol.